The lowest BCUT2D eigenvalue weighted by molar-refractivity contribution is 0.0352. The number of rotatable bonds is 3. The van der Waals surface area contributed by atoms with E-state index in [1.807, 2.05) is 0 Å². The minimum atomic E-state index is 0.507. The summed E-state index contributed by atoms with van der Waals surface area (Å²) < 4.78 is 5.53. The predicted octanol–water partition coefficient (Wildman–Crippen LogP) is 2.60. The van der Waals surface area contributed by atoms with Gasteiger partial charge in [-0.15, -0.1) is 0 Å². The van der Waals surface area contributed by atoms with E-state index < -0.39 is 0 Å². The van der Waals surface area contributed by atoms with Gasteiger partial charge in [0.2, 0.25) is 0 Å². The average molecular weight is 142 g/mol. The zero-order chi connectivity index (χ0) is 7.40. The Hall–Kier alpha value is -0.0400. The Morgan fingerprint density at radius 1 is 1.40 bits per heavy atom. The third kappa shape index (κ3) is 1.98. The number of ether oxygens (including phenoxy) is 1. The summed E-state index contributed by atoms with van der Waals surface area (Å²) >= 11 is 0. The molecule has 0 N–H and O–H groups in total. The van der Waals surface area contributed by atoms with Crippen LogP contribution in [0.4, 0.5) is 0 Å². The molecule has 1 fully saturated rings. The van der Waals surface area contributed by atoms with Gasteiger partial charge >= 0.3 is 0 Å². The first-order valence-electron chi connectivity index (χ1n) is 4.46. The van der Waals surface area contributed by atoms with E-state index in [1.54, 1.807) is 0 Å². The van der Waals surface area contributed by atoms with Gasteiger partial charge in [-0.1, -0.05) is 12.8 Å². The van der Waals surface area contributed by atoms with Crippen LogP contribution in [-0.2, 0) is 4.74 Å². The fourth-order valence-electron chi connectivity index (χ4n) is 1.83. The third-order valence-electron chi connectivity index (χ3n) is 2.49. The van der Waals surface area contributed by atoms with Crippen LogP contribution in [0.25, 0.3) is 0 Å². The van der Waals surface area contributed by atoms with Gasteiger partial charge in [0.25, 0.3) is 0 Å². The van der Waals surface area contributed by atoms with E-state index in [0.29, 0.717) is 6.10 Å². The fourth-order valence-corrected chi connectivity index (χ4v) is 1.83. The monoisotopic (exact) mass is 142 g/mol. The van der Waals surface area contributed by atoms with E-state index in [4.69, 9.17) is 4.74 Å². The fraction of sp³-hybridized carbons (Fsp3) is 1.00. The molecule has 0 aromatic carbocycles. The summed E-state index contributed by atoms with van der Waals surface area (Å²) in [5, 5.41) is 0. The molecule has 0 aliphatic heterocycles. The van der Waals surface area contributed by atoms with E-state index in [9.17, 15) is 0 Å². The van der Waals surface area contributed by atoms with Crippen LogP contribution >= 0.6 is 0 Å². The van der Waals surface area contributed by atoms with Gasteiger partial charge in [-0.3, -0.25) is 0 Å². The molecule has 0 bridgehead atoms. The van der Waals surface area contributed by atoms with Crippen molar-refractivity contribution >= 4 is 0 Å². The zero-order valence-corrected chi connectivity index (χ0v) is 7.10. The molecule has 10 heavy (non-hydrogen) atoms. The molecular formula is C9H18O. The molecule has 0 aromatic heterocycles. The average Bonchev–Trinajstić information content (AvgIpc) is 2.38. The summed E-state index contributed by atoms with van der Waals surface area (Å²) in [6.07, 6.45) is 6.12. The summed E-state index contributed by atoms with van der Waals surface area (Å²) in [6.45, 7) is 5.16. The van der Waals surface area contributed by atoms with Crippen LogP contribution in [0.3, 0.4) is 0 Å². The number of hydrogen-bond acceptors (Lipinski definition) is 1. The van der Waals surface area contributed by atoms with Crippen LogP contribution in [0.1, 0.15) is 39.5 Å². The van der Waals surface area contributed by atoms with Crippen LogP contribution in [0.15, 0.2) is 0 Å². The van der Waals surface area contributed by atoms with Gasteiger partial charge in [0.15, 0.2) is 0 Å². The molecule has 0 saturated heterocycles. The summed E-state index contributed by atoms with van der Waals surface area (Å²) in [6, 6.07) is 0. The molecule has 1 atom stereocenters. The molecule has 0 spiro atoms. The van der Waals surface area contributed by atoms with Crippen LogP contribution in [0.5, 0.6) is 0 Å². The lowest BCUT2D eigenvalue weighted by Crippen LogP contribution is -2.17. The molecule has 0 amide bonds. The van der Waals surface area contributed by atoms with Crippen molar-refractivity contribution in [2.24, 2.45) is 5.92 Å². The molecule has 1 heteroatoms. The maximum atomic E-state index is 5.53. The van der Waals surface area contributed by atoms with Crippen LogP contribution < -0.4 is 0 Å². The van der Waals surface area contributed by atoms with Crippen molar-refractivity contribution < 1.29 is 4.74 Å². The molecule has 0 unspecified atom stereocenters. The molecule has 0 aromatic rings. The van der Waals surface area contributed by atoms with E-state index in [2.05, 4.69) is 13.8 Å². The molecule has 1 saturated carbocycles. The molecule has 1 aliphatic rings. The molecular weight excluding hydrogens is 124 g/mol. The highest BCUT2D eigenvalue weighted by Crippen LogP contribution is 2.28. The highest BCUT2D eigenvalue weighted by Gasteiger charge is 2.21. The van der Waals surface area contributed by atoms with E-state index in [0.717, 1.165) is 12.5 Å². The van der Waals surface area contributed by atoms with Gasteiger partial charge in [0.1, 0.15) is 0 Å². The highest BCUT2D eigenvalue weighted by atomic mass is 16.5. The van der Waals surface area contributed by atoms with Gasteiger partial charge in [-0.2, -0.15) is 0 Å². The maximum Gasteiger partial charge on any atom is 0.0575 e. The van der Waals surface area contributed by atoms with E-state index >= 15 is 0 Å². The van der Waals surface area contributed by atoms with Crippen molar-refractivity contribution in [2.75, 3.05) is 6.61 Å². The second kappa shape index (κ2) is 3.97. The van der Waals surface area contributed by atoms with Crippen molar-refractivity contribution in [3.8, 4) is 0 Å². The number of hydrogen-bond donors (Lipinski definition) is 0. The standard InChI is InChI=1S/C9H18O/c1-3-10-8(2)9-6-4-5-7-9/h8-9H,3-7H2,1-2H3/t8-/m1/s1. The minimum Gasteiger partial charge on any atom is -0.379 e. The smallest absolute Gasteiger partial charge is 0.0575 e. The molecule has 0 heterocycles. The van der Waals surface area contributed by atoms with Crippen molar-refractivity contribution in [3.63, 3.8) is 0 Å². The van der Waals surface area contributed by atoms with E-state index in [-0.39, 0.29) is 0 Å². The SMILES string of the molecule is CCO[C@H](C)C1CCCC1. The van der Waals surface area contributed by atoms with Gasteiger partial charge in [0, 0.05) is 6.61 Å². The highest BCUT2D eigenvalue weighted by molar-refractivity contribution is 4.72. The van der Waals surface area contributed by atoms with Crippen LogP contribution in [0, 0.1) is 5.92 Å². The Morgan fingerprint density at radius 3 is 2.50 bits per heavy atom. The summed E-state index contributed by atoms with van der Waals surface area (Å²) in [5.41, 5.74) is 0. The second-order valence-corrected chi connectivity index (χ2v) is 3.20. The van der Waals surface area contributed by atoms with Crippen molar-refractivity contribution in [3.05, 3.63) is 0 Å². The Bertz CT molecular complexity index is 84.7. The quantitative estimate of drug-likeness (QED) is 0.588. The molecule has 60 valence electrons. The summed E-state index contributed by atoms with van der Waals surface area (Å²) in [5.74, 6) is 0.861. The topological polar surface area (TPSA) is 9.23 Å². The lowest BCUT2D eigenvalue weighted by Gasteiger charge is -2.17. The van der Waals surface area contributed by atoms with Crippen LogP contribution in [0.2, 0.25) is 0 Å². The predicted molar refractivity (Wildman–Crippen MR) is 43.0 cm³/mol. The second-order valence-electron chi connectivity index (χ2n) is 3.20. The first-order chi connectivity index (χ1) is 4.84. The Morgan fingerprint density at radius 2 is 2.00 bits per heavy atom. The Balaban J connectivity index is 2.18. The first kappa shape index (κ1) is 8.06. The third-order valence-corrected chi connectivity index (χ3v) is 2.49. The minimum absolute atomic E-state index is 0.507. The van der Waals surface area contributed by atoms with Gasteiger partial charge in [-0.05, 0) is 32.6 Å². The van der Waals surface area contributed by atoms with E-state index in [1.165, 1.54) is 25.7 Å². The van der Waals surface area contributed by atoms with Crippen molar-refractivity contribution in [2.45, 2.75) is 45.6 Å². The first-order valence-corrected chi connectivity index (χ1v) is 4.46. The van der Waals surface area contributed by atoms with Gasteiger partial charge < -0.3 is 4.74 Å². The molecule has 1 rings (SSSR count). The lowest BCUT2D eigenvalue weighted by atomic mass is 10.0. The van der Waals surface area contributed by atoms with Crippen molar-refractivity contribution in [1.82, 2.24) is 0 Å². The van der Waals surface area contributed by atoms with Crippen LogP contribution in [-0.4, -0.2) is 12.7 Å². The van der Waals surface area contributed by atoms with Crippen molar-refractivity contribution in [1.29, 1.82) is 0 Å². The summed E-state index contributed by atoms with van der Waals surface area (Å²) in [4.78, 5) is 0. The maximum absolute atomic E-state index is 5.53. The molecule has 1 nitrogen and oxygen atoms in total. The normalized spacial score (nSPS) is 23.4. The summed E-state index contributed by atoms with van der Waals surface area (Å²) in [7, 11) is 0. The van der Waals surface area contributed by atoms with Gasteiger partial charge in [0.05, 0.1) is 6.10 Å². The molecule has 1 aliphatic carbocycles. The van der Waals surface area contributed by atoms with Gasteiger partial charge in [-0.25, -0.2) is 0 Å². The molecule has 0 radical (unpaired) electrons. The largest absolute Gasteiger partial charge is 0.379 e. The Labute approximate surface area is 63.8 Å². The zero-order valence-electron chi connectivity index (χ0n) is 7.10. The Kier molecular flexibility index (Phi) is 3.20.